The van der Waals surface area contributed by atoms with E-state index in [-0.39, 0.29) is 5.91 Å². The second-order valence-electron chi connectivity index (χ2n) is 11.2. The lowest BCUT2D eigenvalue weighted by molar-refractivity contribution is 0.0952. The van der Waals surface area contributed by atoms with Gasteiger partial charge in [-0.15, -0.1) is 0 Å². The average Bonchev–Trinajstić information content (AvgIpc) is 3.35. The lowest BCUT2D eigenvalue weighted by Crippen LogP contribution is -2.44. The molecule has 3 N–H and O–H groups in total. The summed E-state index contributed by atoms with van der Waals surface area (Å²) >= 11 is 3.62. The van der Waals surface area contributed by atoms with Crippen molar-refractivity contribution in [3.8, 4) is 23.1 Å². The highest BCUT2D eigenvalue weighted by atomic mass is 79.9. The fourth-order valence-corrected chi connectivity index (χ4v) is 5.89. The Morgan fingerprint density at radius 3 is 2.49 bits per heavy atom. The molecule has 0 unspecified atom stereocenters. The molecule has 0 spiro atoms. The number of piperazine rings is 1. The summed E-state index contributed by atoms with van der Waals surface area (Å²) in [5.74, 6) is 6.52. The van der Waals surface area contributed by atoms with Crippen LogP contribution in [0.5, 0.6) is 0 Å². The Kier molecular flexibility index (Phi) is 8.59. The van der Waals surface area contributed by atoms with Crippen molar-refractivity contribution in [2.45, 2.75) is 13.1 Å². The third-order valence-electron chi connectivity index (χ3n) is 8.12. The molecule has 43 heavy (non-hydrogen) atoms. The van der Waals surface area contributed by atoms with Crippen LogP contribution in [0.1, 0.15) is 27.0 Å². The molecule has 8 heteroatoms. The Labute approximate surface area is 260 Å². The summed E-state index contributed by atoms with van der Waals surface area (Å²) in [6.45, 7) is 5.82. The number of carbonyl (C=O) groups excluding carboxylic acids is 1. The molecule has 0 saturated carbocycles. The minimum atomic E-state index is -0.152. The van der Waals surface area contributed by atoms with Crippen LogP contribution in [0.15, 0.2) is 77.4 Å². The molecule has 0 atom stereocenters. The quantitative estimate of drug-likeness (QED) is 0.253. The molecule has 2 aromatic heterocycles. The van der Waals surface area contributed by atoms with E-state index in [1.54, 1.807) is 0 Å². The van der Waals surface area contributed by atoms with E-state index in [9.17, 15) is 4.79 Å². The second-order valence-corrected chi connectivity index (χ2v) is 12.1. The van der Waals surface area contributed by atoms with Gasteiger partial charge in [-0.3, -0.25) is 9.69 Å². The van der Waals surface area contributed by atoms with Gasteiger partial charge in [0.2, 0.25) is 0 Å². The molecule has 7 nitrogen and oxygen atoms in total. The van der Waals surface area contributed by atoms with E-state index in [1.807, 2.05) is 61.6 Å². The zero-order valence-electron chi connectivity index (χ0n) is 24.5. The number of rotatable bonds is 6. The van der Waals surface area contributed by atoms with Crippen molar-refractivity contribution in [1.82, 2.24) is 24.7 Å². The van der Waals surface area contributed by atoms with Crippen molar-refractivity contribution in [3.05, 3.63) is 99.7 Å². The summed E-state index contributed by atoms with van der Waals surface area (Å²) in [4.78, 5) is 23.6. The number of aryl methyl sites for hydroxylation is 1. The zero-order chi connectivity index (χ0) is 29.9. The monoisotopic (exact) mass is 634 g/mol. The molecule has 1 amide bonds. The van der Waals surface area contributed by atoms with Gasteiger partial charge in [-0.25, -0.2) is 4.98 Å². The third-order valence-corrected chi connectivity index (χ3v) is 8.62. The molecule has 1 aliphatic heterocycles. The Bertz CT molecular complexity index is 1860. The number of benzene rings is 3. The summed E-state index contributed by atoms with van der Waals surface area (Å²) in [6.07, 6.45) is 2.07. The van der Waals surface area contributed by atoms with Crippen LogP contribution in [-0.2, 0) is 20.1 Å². The maximum atomic E-state index is 13.8. The minimum absolute atomic E-state index is 0.152. The van der Waals surface area contributed by atoms with Gasteiger partial charge in [0.05, 0.1) is 23.3 Å². The second kappa shape index (κ2) is 12.7. The number of fused-ring (bicyclic) bond motifs is 2. The number of likely N-dealkylation sites (N-methyl/N-ethyl adjacent to an activating group) is 1. The van der Waals surface area contributed by atoms with Crippen molar-refractivity contribution in [2.75, 3.05) is 39.8 Å². The van der Waals surface area contributed by atoms with E-state index < -0.39 is 0 Å². The molecule has 1 saturated heterocycles. The normalized spacial score (nSPS) is 14.1. The van der Waals surface area contributed by atoms with Crippen LogP contribution in [0.25, 0.3) is 33.1 Å². The molecule has 6 rings (SSSR count). The zero-order valence-corrected chi connectivity index (χ0v) is 26.1. The van der Waals surface area contributed by atoms with Gasteiger partial charge in [0.1, 0.15) is 0 Å². The van der Waals surface area contributed by atoms with E-state index in [1.165, 1.54) is 0 Å². The maximum Gasteiger partial charge on any atom is 0.252 e. The first-order chi connectivity index (χ1) is 20.9. The van der Waals surface area contributed by atoms with Crippen LogP contribution in [0.4, 0.5) is 0 Å². The SMILES string of the molecule is CN1CCN(CC#Cc2ccc3nc(-c4cn(C)c5ccc(Br)cc45)cc(C(=O)NCc4ccc(CN)cc4)c3c2)CC1. The minimum Gasteiger partial charge on any atom is -0.350 e. The van der Waals surface area contributed by atoms with E-state index >= 15 is 0 Å². The predicted molar refractivity (Wildman–Crippen MR) is 178 cm³/mol. The first-order valence-electron chi connectivity index (χ1n) is 14.5. The van der Waals surface area contributed by atoms with Gasteiger partial charge in [-0.05, 0) is 60.6 Å². The molecule has 0 bridgehead atoms. The smallest absolute Gasteiger partial charge is 0.252 e. The lowest BCUT2D eigenvalue weighted by atomic mass is 10.0. The van der Waals surface area contributed by atoms with Crippen molar-refractivity contribution in [2.24, 2.45) is 12.8 Å². The molecule has 0 aliphatic carbocycles. The summed E-state index contributed by atoms with van der Waals surface area (Å²) in [5, 5.41) is 4.98. The number of nitrogens with two attached hydrogens (primary N) is 1. The molecular formula is C35H35BrN6O. The first kappa shape index (κ1) is 29.1. The van der Waals surface area contributed by atoms with Crippen LogP contribution in [-0.4, -0.2) is 65.0 Å². The molecule has 1 aliphatic rings. The standard InChI is InChI=1S/C35H35BrN6O/c1-40-14-16-42(17-15-40)13-3-4-24-9-11-32-28(18-24)30(35(43)38-22-26-7-5-25(21-37)6-8-26)20-33(39-32)31-23-41(2)34-12-10-27(36)19-29(31)34/h5-12,18-20,23H,13-17,21-22,37H2,1-2H3,(H,38,43). The van der Waals surface area contributed by atoms with Crippen molar-refractivity contribution in [3.63, 3.8) is 0 Å². The Morgan fingerprint density at radius 1 is 0.953 bits per heavy atom. The van der Waals surface area contributed by atoms with Crippen molar-refractivity contribution < 1.29 is 4.79 Å². The maximum absolute atomic E-state index is 13.8. The van der Waals surface area contributed by atoms with E-state index in [2.05, 4.69) is 72.8 Å². The van der Waals surface area contributed by atoms with Crippen LogP contribution in [0.2, 0.25) is 0 Å². The number of pyridine rings is 1. The van der Waals surface area contributed by atoms with Crippen LogP contribution < -0.4 is 11.1 Å². The topological polar surface area (TPSA) is 79.4 Å². The predicted octanol–water partition coefficient (Wildman–Crippen LogP) is 5.14. The van der Waals surface area contributed by atoms with Gasteiger partial charge in [0.15, 0.2) is 0 Å². The molecule has 5 aromatic rings. The van der Waals surface area contributed by atoms with E-state index in [0.717, 1.165) is 87.0 Å². The Balaban J connectivity index is 1.36. The highest BCUT2D eigenvalue weighted by molar-refractivity contribution is 9.10. The summed E-state index contributed by atoms with van der Waals surface area (Å²) < 4.78 is 3.08. The molecule has 218 valence electrons. The van der Waals surface area contributed by atoms with Gasteiger partial charge in [-0.2, -0.15) is 0 Å². The molecule has 3 aromatic carbocycles. The largest absolute Gasteiger partial charge is 0.350 e. The highest BCUT2D eigenvalue weighted by Gasteiger charge is 2.18. The summed E-state index contributed by atoms with van der Waals surface area (Å²) in [6, 6.07) is 22.1. The first-order valence-corrected chi connectivity index (χ1v) is 15.3. The number of halogens is 1. The van der Waals surface area contributed by atoms with Gasteiger partial charge in [-0.1, -0.05) is 52.0 Å². The summed E-state index contributed by atoms with van der Waals surface area (Å²) in [7, 11) is 4.18. The van der Waals surface area contributed by atoms with E-state index in [4.69, 9.17) is 10.7 Å². The summed E-state index contributed by atoms with van der Waals surface area (Å²) in [5.41, 5.74) is 12.8. The third kappa shape index (κ3) is 6.51. The van der Waals surface area contributed by atoms with Crippen LogP contribution in [0.3, 0.4) is 0 Å². The number of nitrogens with zero attached hydrogens (tertiary/aromatic N) is 4. The van der Waals surface area contributed by atoms with Crippen molar-refractivity contribution in [1.29, 1.82) is 0 Å². The Hall–Kier alpha value is -4.00. The number of nitrogens with one attached hydrogen (secondary N) is 1. The molecular weight excluding hydrogens is 600 g/mol. The molecule has 0 radical (unpaired) electrons. The van der Waals surface area contributed by atoms with Crippen LogP contribution in [0, 0.1) is 11.8 Å². The average molecular weight is 636 g/mol. The fourth-order valence-electron chi connectivity index (χ4n) is 5.53. The lowest BCUT2D eigenvalue weighted by Gasteiger charge is -2.30. The fraction of sp³-hybridized carbons (Fsp3) is 0.257. The number of amides is 1. The van der Waals surface area contributed by atoms with Gasteiger partial charge < -0.3 is 20.5 Å². The number of aromatic nitrogens is 2. The Morgan fingerprint density at radius 2 is 1.72 bits per heavy atom. The number of hydrogen-bond donors (Lipinski definition) is 2. The van der Waals surface area contributed by atoms with E-state index in [0.29, 0.717) is 18.7 Å². The number of hydrogen-bond acceptors (Lipinski definition) is 5. The van der Waals surface area contributed by atoms with Crippen LogP contribution >= 0.6 is 15.9 Å². The van der Waals surface area contributed by atoms with Gasteiger partial charge >= 0.3 is 0 Å². The van der Waals surface area contributed by atoms with Gasteiger partial charge in [0, 0.05) is 84.4 Å². The molecule has 1 fully saturated rings. The number of carbonyl (C=O) groups is 1. The van der Waals surface area contributed by atoms with Crippen molar-refractivity contribution >= 4 is 43.6 Å². The molecule has 3 heterocycles. The van der Waals surface area contributed by atoms with Gasteiger partial charge in [0.25, 0.3) is 5.91 Å². The highest BCUT2D eigenvalue weighted by Crippen LogP contribution is 2.33.